The molecule has 31 heavy (non-hydrogen) atoms. The lowest BCUT2D eigenvalue weighted by Gasteiger charge is -2.44. The second-order valence-corrected chi connectivity index (χ2v) is 7.84. The topological polar surface area (TPSA) is 59.1 Å². The Kier molecular flexibility index (Phi) is 7.63. The Hall–Kier alpha value is -2.93. The van der Waals surface area contributed by atoms with Crippen molar-refractivity contribution in [1.29, 1.82) is 0 Å². The van der Waals surface area contributed by atoms with Crippen molar-refractivity contribution < 1.29 is 23.5 Å². The van der Waals surface area contributed by atoms with Crippen molar-refractivity contribution in [2.75, 3.05) is 26.3 Å². The van der Waals surface area contributed by atoms with Crippen LogP contribution in [-0.4, -0.2) is 60.1 Å². The van der Waals surface area contributed by atoms with Crippen LogP contribution >= 0.6 is 0 Å². The first-order valence-electron chi connectivity index (χ1n) is 10.5. The largest absolute Gasteiger partial charge is 0.484 e. The summed E-state index contributed by atoms with van der Waals surface area (Å²) in [6.07, 6.45) is 0. The normalized spacial score (nSPS) is 19.2. The zero-order valence-electron chi connectivity index (χ0n) is 18.2. The smallest absolute Gasteiger partial charge is 0.338 e. The van der Waals surface area contributed by atoms with E-state index < -0.39 is 5.97 Å². The first kappa shape index (κ1) is 22.7. The average Bonchev–Trinajstić information content (AvgIpc) is 2.76. The molecule has 2 aromatic carbocycles. The number of nitrogens with zero attached hydrogens (tertiary/aromatic N) is 2. The van der Waals surface area contributed by atoms with Crippen molar-refractivity contribution >= 4 is 11.9 Å². The number of piperazine rings is 1. The van der Waals surface area contributed by atoms with Crippen LogP contribution in [0.15, 0.2) is 48.5 Å². The van der Waals surface area contributed by atoms with Crippen LogP contribution in [-0.2, 0) is 16.1 Å². The van der Waals surface area contributed by atoms with E-state index in [0.29, 0.717) is 31.0 Å². The summed E-state index contributed by atoms with van der Waals surface area (Å²) in [4.78, 5) is 28.8. The van der Waals surface area contributed by atoms with Crippen molar-refractivity contribution in [2.24, 2.45) is 0 Å². The van der Waals surface area contributed by atoms with E-state index >= 15 is 0 Å². The highest BCUT2D eigenvalue weighted by molar-refractivity contribution is 5.89. The number of amides is 1. The number of hydrogen-bond donors (Lipinski definition) is 0. The fourth-order valence-electron chi connectivity index (χ4n) is 3.75. The highest BCUT2D eigenvalue weighted by atomic mass is 19.1. The molecule has 2 aromatic rings. The molecule has 1 aliphatic rings. The standard InChI is InChI=1S/C24H29FN2O4/c1-4-30-24(29)20-6-5-7-22(12-20)31-16-23(28)27-14-17(2)26(13-18(27)3)15-19-8-10-21(25)11-9-19/h5-12,17-18H,4,13-16H2,1-3H3/t17-,18+/m1/s1. The number of benzene rings is 2. The number of esters is 1. The minimum atomic E-state index is -0.418. The summed E-state index contributed by atoms with van der Waals surface area (Å²) in [6, 6.07) is 13.4. The fourth-order valence-corrected chi connectivity index (χ4v) is 3.75. The molecule has 1 fully saturated rings. The maximum absolute atomic E-state index is 13.1. The molecule has 166 valence electrons. The predicted octanol–water partition coefficient (Wildman–Crippen LogP) is 3.50. The predicted molar refractivity (Wildman–Crippen MR) is 115 cm³/mol. The molecular weight excluding hydrogens is 399 g/mol. The van der Waals surface area contributed by atoms with Crippen LogP contribution in [0.5, 0.6) is 5.75 Å². The van der Waals surface area contributed by atoms with Crippen molar-refractivity contribution in [3.05, 3.63) is 65.5 Å². The van der Waals surface area contributed by atoms with Gasteiger partial charge in [-0.2, -0.15) is 0 Å². The lowest BCUT2D eigenvalue weighted by atomic mass is 10.1. The van der Waals surface area contributed by atoms with Gasteiger partial charge in [0, 0.05) is 31.7 Å². The van der Waals surface area contributed by atoms with Crippen LogP contribution < -0.4 is 4.74 Å². The fraction of sp³-hybridized carbons (Fsp3) is 0.417. The highest BCUT2D eigenvalue weighted by Gasteiger charge is 2.32. The quantitative estimate of drug-likeness (QED) is 0.632. The van der Waals surface area contributed by atoms with Gasteiger partial charge in [-0.05, 0) is 56.7 Å². The monoisotopic (exact) mass is 428 g/mol. The molecule has 6 nitrogen and oxygen atoms in total. The Bertz CT molecular complexity index is 903. The molecule has 1 amide bonds. The number of hydrogen-bond acceptors (Lipinski definition) is 5. The van der Waals surface area contributed by atoms with E-state index in [1.807, 2.05) is 11.8 Å². The van der Waals surface area contributed by atoms with Crippen molar-refractivity contribution in [3.63, 3.8) is 0 Å². The molecule has 0 saturated carbocycles. The van der Waals surface area contributed by atoms with Gasteiger partial charge in [-0.15, -0.1) is 0 Å². The summed E-state index contributed by atoms with van der Waals surface area (Å²) in [7, 11) is 0. The Morgan fingerprint density at radius 3 is 2.52 bits per heavy atom. The molecule has 1 aliphatic heterocycles. The first-order chi connectivity index (χ1) is 14.9. The second kappa shape index (κ2) is 10.4. The van der Waals surface area contributed by atoms with E-state index in [-0.39, 0.29) is 30.4 Å². The zero-order chi connectivity index (χ0) is 22.4. The van der Waals surface area contributed by atoms with Crippen LogP contribution in [0.2, 0.25) is 0 Å². The minimum Gasteiger partial charge on any atom is -0.484 e. The van der Waals surface area contributed by atoms with Crippen LogP contribution in [0.1, 0.15) is 36.7 Å². The summed E-state index contributed by atoms with van der Waals surface area (Å²) < 4.78 is 23.8. The molecule has 1 saturated heterocycles. The summed E-state index contributed by atoms with van der Waals surface area (Å²) >= 11 is 0. The Balaban J connectivity index is 1.55. The molecule has 0 radical (unpaired) electrons. The molecule has 0 unspecified atom stereocenters. The van der Waals surface area contributed by atoms with Gasteiger partial charge in [0.25, 0.3) is 5.91 Å². The third kappa shape index (κ3) is 6.04. The van der Waals surface area contributed by atoms with Gasteiger partial charge >= 0.3 is 5.97 Å². The number of ether oxygens (including phenoxy) is 2. The van der Waals surface area contributed by atoms with E-state index in [0.717, 1.165) is 12.1 Å². The van der Waals surface area contributed by atoms with Gasteiger partial charge in [-0.25, -0.2) is 9.18 Å². The molecule has 1 heterocycles. The number of halogens is 1. The number of carbonyl (C=O) groups is 2. The molecular formula is C24H29FN2O4. The molecule has 0 bridgehead atoms. The Morgan fingerprint density at radius 2 is 1.81 bits per heavy atom. The van der Waals surface area contributed by atoms with E-state index in [4.69, 9.17) is 9.47 Å². The number of carbonyl (C=O) groups excluding carboxylic acids is 2. The Labute approximate surface area is 182 Å². The highest BCUT2D eigenvalue weighted by Crippen LogP contribution is 2.20. The molecule has 7 heteroatoms. The van der Waals surface area contributed by atoms with Crippen LogP contribution in [0.3, 0.4) is 0 Å². The van der Waals surface area contributed by atoms with Gasteiger partial charge in [-0.1, -0.05) is 18.2 Å². The second-order valence-electron chi connectivity index (χ2n) is 7.84. The van der Waals surface area contributed by atoms with E-state index in [1.165, 1.54) is 12.1 Å². The van der Waals surface area contributed by atoms with Crippen LogP contribution in [0.4, 0.5) is 4.39 Å². The zero-order valence-corrected chi connectivity index (χ0v) is 18.2. The van der Waals surface area contributed by atoms with Crippen LogP contribution in [0, 0.1) is 5.82 Å². The molecule has 0 aromatic heterocycles. The minimum absolute atomic E-state index is 0.0265. The maximum atomic E-state index is 13.1. The lowest BCUT2D eigenvalue weighted by molar-refractivity contribution is -0.139. The third-order valence-electron chi connectivity index (χ3n) is 5.44. The lowest BCUT2D eigenvalue weighted by Crippen LogP contribution is -2.58. The first-order valence-corrected chi connectivity index (χ1v) is 10.5. The molecule has 0 spiro atoms. The molecule has 2 atom stereocenters. The van der Waals surface area contributed by atoms with E-state index in [1.54, 1.807) is 43.3 Å². The van der Waals surface area contributed by atoms with Gasteiger partial charge in [0.2, 0.25) is 0 Å². The molecule has 0 N–H and O–H groups in total. The maximum Gasteiger partial charge on any atom is 0.338 e. The summed E-state index contributed by atoms with van der Waals surface area (Å²) in [5, 5.41) is 0. The van der Waals surface area contributed by atoms with Crippen molar-refractivity contribution in [3.8, 4) is 5.75 Å². The van der Waals surface area contributed by atoms with E-state index in [9.17, 15) is 14.0 Å². The Morgan fingerprint density at radius 1 is 1.06 bits per heavy atom. The summed E-state index contributed by atoms with van der Waals surface area (Å²) in [5.41, 5.74) is 1.44. The van der Waals surface area contributed by atoms with Crippen LogP contribution in [0.25, 0.3) is 0 Å². The van der Waals surface area contributed by atoms with Gasteiger partial charge < -0.3 is 14.4 Å². The molecule has 0 aliphatic carbocycles. The van der Waals surface area contributed by atoms with Gasteiger partial charge in [0.15, 0.2) is 6.61 Å². The average molecular weight is 429 g/mol. The third-order valence-corrected chi connectivity index (χ3v) is 5.44. The van der Waals surface area contributed by atoms with Gasteiger partial charge in [0.1, 0.15) is 11.6 Å². The van der Waals surface area contributed by atoms with Crippen molar-refractivity contribution in [2.45, 2.75) is 39.4 Å². The van der Waals surface area contributed by atoms with E-state index in [2.05, 4.69) is 11.8 Å². The van der Waals surface area contributed by atoms with Gasteiger partial charge in [-0.3, -0.25) is 9.69 Å². The van der Waals surface area contributed by atoms with Crippen molar-refractivity contribution in [1.82, 2.24) is 9.80 Å². The molecule has 3 rings (SSSR count). The summed E-state index contributed by atoms with van der Waals surface area (Å²) in [6.45, 7) is 8.08. The number of rotatable bonds is 7. The van der Waals surface area contributed by atoms with Gasteiger partial charge in [0.05, 0.1) is 12.2 Å². The SMILES string of the molecule is CCOC(=O)c1cccc(OCC(=O)N2C[C@@H](C)N(Cc3ccc(F)cc3)C[C@@H]2C)c1. The summed E-state index contributed by atoms with van der Waals surface area (Å²) in [5.74, 6) is -0.302.